The van der Waals surface area contributed by atoms with Crippen LogP contribution in [0.4, 0.5) is 15.3 Å². The molecule has 0 aromatic heterocycles. The first-order chi connectivity index (χ1) is 17.4. The van der Waals surface area contributed by atoms with Crippen molar-refractivity contribution in [3.05, 3.63) is 29.8 Å². The summed E-state index contributed by atoms with van der Waals surface area (Å²) in [6, 6.07) is 4.60. The molecule has 0 bridgehead atoms. The molecule has 12 heteroatoms. The maximum absolute atomic E-state index is 12.9. The van der Waals surface area contributed by atoms with Crippen LogP contribution < -0.4 is 27.4 Å². The van der Waals surface area contributed by atoms with E-state index >= 15 is 0 Å². The van der Waals surface area contributed by atoms with E-state index in [0.717, 1.165) is 18.7 Å². The summed E-state index contributed by atoms with van der Waals surface area (Å²) in [6.07, 6.45) is 0.287. The van der Waals surface area contributed by atoms with Crippen molar-refractivity contribution in [1.82, 2.24) is 20.4 Å². The number of nitrogens with zero attached hydrogens (tertiary/aromatic N) is 2. The van der Waals surface area contributed by atoms with Gasteiger partial charge < -0.3 is 42.0 Å². The van der Waals surface area contributed by atoms with Crippen molar-refractivity contribution in [3.8, 4) is 0 Å². The first kappa shape index (κ1) is 31.6. The Morgan fingerprint density at radius 3 is 2.24 bits per heavy atom. The van der Waals surface area contributed by atoms with E-state index in [2.05, 4.69) is 20.9 Å². The maximum Gasteiger partial charge on any atom is 0.409 e. The second-order valence-corrected chi connectivity index (χ2v) is 9.32. The molecule has 0 saturated carbocycles. The molecule has 0 aliphatic rings. The van der Waals surface area contributed by atoms with Gasteiger partial charge in [0.25, 0.3) is 0 Å². The van der Waals surface area contributed by atoms with Gasteiger partial charge in [0.1, 0.15) is 12.6 Å². The molecule has 1 aromatic rings. The fourth-order valence-electron chi connectivity index (χ4n) is 3.10. The minimum absolute atomic E-state index is 0.0969. The number of carbonyl (C=O) groups is 4. The molecule has 0 unspecified atom stereocenters. The number of urea groups is 1. The zero-order valence-corrected chi connectivity index (χ0v) is 22.6. The number of anilines is 1. The van der Waals surface area contributed by atoms with Crippen molar-refractivity contribution in [2.75, 3.05) is 45.6 Å². The summed E-state index contributed by atoms with van der Waals surface area (Å²) in [5.74, 6) is -0.943. The highest BCUT2D eigenvalue weighted by Crippen LogP contribution is 2.13. The van der Waals surface area contributed by atoms with Crippen LogP contribution in [0.15, 0.2) is 24.3 Å². The Kier molecular flexibility index (Phi) is 14.0. The molecule has 12 nitrogen and oxygen atoms in total. The van der Waals surface area contributed by atoms with Crippen LogP contribution in [0.1, 0.15) is 39.2 Å². The smallest absolute Gasteiger partial charge is 0.409 e. The third kappa shape index (κ3) is 12.4. The molecule has 0 saturated heterocycles. The fourth-order valence-corrected chi connectivity index (χ4v) is 3.10. The Morgan fingerprint density at radius 1 is 1.03 bits per heavy atom. The monoisotopic (exact) mass is 521 g/mol. The number of nitrogens with one attached hydrogen (secondary N) is 3. The van der Waals surface area contributed by atoms with E-state index in [1.165, 1.54) is 4.90 Å². The van der Waals surface area contributed by atoms with E-state index < -0.39 is 36.0 Å². The summed E-state index contributed by atoms with van der Waals surface area (Å²) in [7, 11) is 3.68. The van der Waals surface area contributed by atoms with Gasteiger partial charge in [-0.05, 0) is 50.0 Å². The van der Waals surface area contributed by atoms with E-state index in [4.69, 9.17) is 16.2 Å². The number of amides is 5. The molecule has 5 amide bonds. The third-order valence-electron chi connectivity index (χ3n) is 5.88. The number of primary amides is 1. The number of rotatable bonds is 15. The number of hydrogen-bond acceptors (Lipinski definition) is 7. The Balaban J connectivity index is 2.68. The van der Waals surface area contributed by atoms with Gasteiger partial charge in [0.05, 0.1) is 6.04 Å². The van der Waals surface area contributed by atoms with Crippen molar-refractivity contribution in [3.63, 3.8) is 0 Å². The first-order valence-electron chi connectivity index (χ1n) is 12.5. The molecule has 1 aromatic carbocycles. The van der Waals surface area contributed by atoms with Gasteiger partial charge in [-0.3, -0.25) is 9.59 Å². The van der Waals surface area contributed by atoms with Crippen molar-refractivity contribution in [1.29, 1.82) is 0 Å². The van der Waals surface area contributed by atoms with Gasteiger partial charge in [-0.2, -0.15) is 0 Å². The van der Waals surface area contributed by atoms with Gasteiger partial charge in [-0.1, -0.05) is 32.9 Å². The van der Waals surface area contributed by atoms with Crippen molar-refractivity contribution in [2.45, 2.75) is 52.3 Å². The highest BCUT2D eigenvalue weighted by atomic mass is 16.6. The minimum Gasteiger partial charge on any atom is -0.445 e. The predicted molar refractivity (Wildman–Crippen MR) is 143 cm³/mol. The molecule has 37 heavy (non-hydrogen) atoms. The van der Waals surface area contributed by atoms with Crippen LogP contribution in [0.3, 0.4) is 0 Å². The highest BCUT2D eigenvalue weighted by molar-refractivity contribution is 5.97. The molecule has 0 aliphatic carbocycles. The summed E-state index contributed by atoms with van der Waals surface area (Å²) in [4.78, 5) is 52.1. The predicted octanol–water partition coefficient (Wildman–Crippen LogP) is 1.06. The molecule has 208 valence electrons. The lowest BCUT2D eigenvalue weighted by Crippen LogP contribution is -2.51. The van der Waals surface area contributed by atoms with Gasteiger partial charge in [0.2, 0.25) is 11.8 Å². The molecule has 0 heterocycles. The molecular formula is C25H43N7O5. The molecule has 0 spiro atoms. The van der Waals surface area contributed by atoms with E-state index in [-0.39, 0.29) is 25.5 Å². The van der Waals surface area contributed by atoms with Crippen molar-refractivity contribution in [2.24, 2.45) is 17.4 Å². The summed E-state index contributed by atoms with van der Waals surface area (Å²) in [5, 5.41) is 7.94. The summed E-state index contributed by atoms with van der Waals surface area (Å²) in [6.45, 7) is 8.26. The quantitative estimate of drug-likeness (QED) is 0.215. The Morgan fingerprint density at radius 2 is 1.68 bits per heavy atom. The van der Waals surface area contributed by atoms with Gasteiger partial charge >= 0.3 is 12.1 Å². The summed E-state index contributed by atoms with van der Waals surface area (Å²) >= 11 is 0. The minimum atomic E-state index is -0.852. The Bertz CT molecular complexity index is 879. The summed E-state index contributed by atoms with van der Waals surface area (Å²) < 4.78 is 5.36. The molecule has 2 atom stereocenters. The van der Waals surface area contributed by atoms with Crippen molar-refractivity contribution >= 4 is 29.6 Å². The average Bonchev–Trinajstić information content (AvgIpc) is 2.87. The van der Waals surface area contributed by atoms with E-state index in [1.807, 2.05) is 27.8 Å². The second kappa shape index (κ2) is 16.4. The standard InChI is InChI=1S/C25H43N7O5/c1-6-31(4)14-15-32(5)25(36)37-16-18-9-11-19(12-10-18)29-22(33)20(8-7-13-28-24(27)35)30-23(34)21(26)17(2)3/h9-12,17,20-21H,6-8,13-16,26H2,1-5H3,(H,29,33)(H,30,34)(H3,27,28,35)/t20-,21-/m0/s1. The van der Waals surface area contributed by atoms with Crippen LogP contribution in [0.2, 0.25) is 0 Å². The molecule has 0 fully saturated rings. The third-order valence-corrected chi connectivity index (χ3v) is 5.88. The number of ether oxygens (including phenoxy) is 1. The van der Waals surface area contributed by atoms with Crippen LogP contribution in [0.25, 0.3) is 0 Å². The number of benzene rings is 1. The maximum atomic E-state index is 12.9. The van der Waals surface area contributed by atoms with Gasteiger partial charge in [-0.15, -0.1) is 0 Å². The van der Waals surface area contributed by atoms with Crippen LogP contribution >= 0.6 is 0 Å². The van der Waals surface area contributed by atoms with Gasteiger partial charge in [-0.25, -0.2) is 9.59 Å². The summed E-state index contributed by atoms with van der Waals surface area (Å²) in [5.41, 5.74) is 12.3. The Labute approximate surface area is 219 Å². The lowest BCUT2D eigenvalue weighted by Gasteiger charge is -2.22. The zero-order valence-electron chi connectivity index (χ0n) is 22.6. The van der Waals surface area contributed by atoms with Gasteiger partial charge in [0, 0.05) is 32.4 Å². The molecule has 0 aliphatic heterocycles. The fraction of sp³-hybridized carbons (Fsp3) is 0.600. The van der Waals surface area contributed by atoms with E-state index in [0.29, 0.717) is 18.7 Å². The van der Waals surface area contributed by atoms with Crippen LogP contribution in [-0.2, 0) is 20.9 Å². The number of nitrogens with two attached hydrogens (primary N) is 2. The largest absolute Gasteiger partial charge is 0.445 e. The van der Waals surface area contributed by atoms with Gasteiger partial charge in [0.15, 0.2) is 0 Å². The van der Waals surface area contributed by atoms with Crippen LogP contribution in [0.5, 0.6) is 0 Å². The van der Waals surface area contributed by atoms with Crippen LogP contribution in [0, 0.1) is 5.92 Å². The Hall–Kier alpha value is -3.38. The number of carbonyl (C=O) groups excluding carboxylic acids is 4. The highest BCUT2D eigenvalue weighted by Gasteiger charge is 2.25. The average molecular weight is 522 g/mol. The lowest BCUT2D eigenvalue weighted by atomic mass is 10.0. The number of hydrogen-bond donors (Lipinski definition) is 5. The van der Waals surface area contributed by atoms with E-state index in [9.17, 15) is 19.2 Å². The topological polar surface area (TPSA) is 172 Å². The normalized spacial score (nSPS) is 12.5. The molecule has 7 N–H and O–H groups in total. The second-order valence-electron chi connectivity index (χ2n) is 9.32. The molecular weight excluding hydrogens is 478 g/mol. The number of likely N-dealkylation sites (N-methyl/N-ethyl adjacent to an activating group) is 2. The van der Waals surface area contributed by atoms with E-state index in [1.54, 1.807) is 31.3 Å². The SMILES string of the molecule is CCN(C)CCN(C)C(=O)OCc1ccc(NC(=O)[C@H](CCCNC(N)=O)NC(=O)[C@@H](N)C(C)C)cc1. The first-order valence-corrected chi connectivity index (χ1v) is 12.5. The lowest BCUT2D eigenvalue weighted by molar-refractivity contribution is -0.128. The molecule has 1 rings (SSSR count). The molecule has 0 radical (unpaired) electrons. The van der Waals surface area contributed by atoms with Crippen molar-refractivity contribution < 1.29 is 23.9 Å². The zero-order chi connectivity index (χ0) is 28.0. The van der Waals surface area contributed by atoms with Crippen LogP contribution in [-0.4, -0.2) is 86.1 Å².